The number of hydrogen-bond acceptors (Lipinski definition) is 5. The molecule has 0 aliphatic carbocycles. The van der Waals surface area contributed by atoms with Crippen LogP contribution in [0.1, 0.15) is 26.1 Å². The highest BCUT2D eigenvalue weighted by Crippen LogP contribution is 2.19. The molecule has 0 amide bonds. The van der Waals surface area contributed by atoms with Crippen LogP contribution in [0.4, 0.5) is 9.52 Å². The van der Waals surface area contributed by atoms with Crippen molar-refractivity contribution in [2.45, 2.75) is 26.7 Å². The fourth-order valence-electron chi connectivity index (χ4n) is 2.30. The summed E-state index contributed by atoms with van der Waals surface area (Å²) in [6.07, 6.45) is 1.36. The van der Waals surface area contributed by atoms with Crippen LogP contribution in [0.25, 0.3) is 0 Å². The highest BCUT2D eigenvalue weighted by Gasteiger charge is 2.21. The topological polar surface area (TPSA) is 56.7 Å². The van der Waals surface area contributed by atoms with Crippen LogP contribution in [-0.4, -0.2) is 66.2 Å². The van der Waals surface area contributed by atoms with Crippen molar-refractivity contribution in [3.63, 3.8) is 0 Å². The Labute approximate surface area is 158 Å². The number of aromatic nitrogens is 2. The minimum atomic E-state index is -0.312. The molecule has 0 atom stereocenters. The van der Waals surface area contributed by atoms with E-state index in [9.17, 15) is 4.39 Å². The summed E-state index contributed by atoms with van der Waals surface area (Å²) < 4.78 is 16.6. The van der Waals surface area contributed by atoms with Gasteiger partial charge < -0.3 is 15.1 Å². The monoisotopic (exact) mass is 456 g/mol. The second kappa shape index (κ2) is 11.0. The summed E-state index contributed by atoms with van der Waals surface area (Å²) in [5.41, 5.74) is 0. The van der Waals surface area contributed by atoms with Crippen LogP contribution in [0.15, 0.2) is 4.99 Å². The molecule has 0 aromatic carbocycles. The Kier molecular flexibility index (Phi) is 9.68. The van der Waals surface area contributed by atoms with Gasteiger partial charge in [-0.05, 0) is 13.3 Å². The lowest BCUT2D eigenvalue weighted by Crippen LogP contribution is -2.52. The molecule has 0 bridgehead atoms. The maximum atomic E-state index is 12.2. The molecule has 23 heavy (non-hydrogen) atoms. The normalized spacial score (nSPS) is 15.5. The molecule has 1 aliphatic rings. The number of aryl methyl sites for hydroxylation is 1. The molecule has 0 radical (unpaired) electrons. The first kappa shape index (κ1) is 20.3. The number of nitrogens with zero attached hydrogens (tertiary/aromatic N) is 5. The number of hydrogen-bond donors (Lipinski definition) is 1. The van der Waals surface area contributed by atoms with E-state index in [2.05, 4.69) is 43.3 Å². The van der Waals surface area contributed by atoms with Gasteiger partial charge in [-0.2, -0.15) is 4.37 Å². The van der Waals surface area contributed by atoms with Gasteiger partial charge in [0.2, 0.25) is 5.13 Å². The number of nitrogens with one attached hydrogen (secondary N) is 1. The van der Waals surface area contributed by atoms with E-state index in [1.54, 1.807) is 0 Å². The van der Waals surface area contributed by atoms with Crippen molar-refractivity contribution in [3.05, 3.63) is 5.82 Å². The number of piperazine rings is 1. The highest BCUT2D eigenvalue weighted by molar-refractivity contribution is 14.0. The summed E-state index contributed by atoms with van der Waals surface area (Å²) in [6.45, 7) is 8.77. The maximum absolute atomic E-state index is 12.2. The van der Waals surface area contributed by atoms with Crippen LogP contribution in [0, 0.1) is 0 Å². The number of rotatable bonds is 6. The smallest absolute Gasteiger partial charge is 0.205 e. The Hall–Kier alpha value is -0.710. The Morgan fingerprint density at radius 1 is 1.30 bits per heavy atom. The fraction of sp³-hybridized carbons (Fsp3) is 0.786. The average molecular weight is 456 g/mol. The van der Waals surface area contributed by atoms with Gasteiger partial charge in [-0.1, -0.05) is 6.92 Å². The zero-order chi connectivity index (χ0) is 15.8. The van der Waals surface area contributed by atoms with Crippen molar-refractivity contribution < 1.29 is 4.39 Å². The van der Waals surface area contributed by atoms with Gasteiger partial charge in [-0.3, -0.25) is 9.38 Å². The molecule has 0 saturated carbocycles. The third-order valence-electron chi connectivity index (χ3n) is 3.51. The van der Waals surface area contributed by atoms with Gasteiger partial charge in [0.05, 0.1) is 6.67 Å². The number of aliphatic imine (C=N–C) groups is 1. The molecule has 1 aliphatic heterocycles. The summed E-state index contributed by atoms with van der Waals surface area (Å²) in [4.78, 5) is 13.5. The molecule has 9 heteroatoms. The van der Waals surface area contributed by atoms with Gasteiger partial charge in [-0.15, -0.1) is 24.0 Å². The van der Waals surface area contributed by atoms with Crippen molar-refractivity contribution in [1.82, 2.24) is 19.6 Å². The van der Waals surface area contributed by atoms with Gasteiger partial charge in [0.25, 0.3) is 0 Å². The summed E-state index contributed by atoms with van der Waals surface area (Å²) in [6, 6.07) is 0. The molecule has 1 aromatic rings. The first-order chi connectivity index (χ1) is 10.8. The molecular formula is C14H26FIN6S. The lowest BCUT2D eigenvalue weighted by atomic mass is 10.3. The molecule has 1 aromatic heterocycles. The Bertz CT molecular complexity index is 476. The number of alkyl halides is 1. The van der Waals surface area contributed by atoms with Gasteiger partial charge in [0, 0.05) is 57.2 Å². The van der Waals surface area contributed by atoms with Crippen molar-refractivity contribution >= 4 is 46.6 Å². The predicted octanol–water partition coefficient (Wildman–Crippen LogP) is 2.17. The van der Waals surface area contributed by atoms with E-state index in [0.29, 0.717) is 13.0 Å². The Morgan fingerprint density at radius 3 is 2.61 bits per heavy atom. The Morgan fingerprint density at radius 2 is 2.04 bits per heavy atom. The van der Waals surface area contributed by atoms with Crippen LogP contribution in [0.3, 0.4) is 0 Å². The third-order valence-corrected chi connectivity index (χ3v) is 4.33. The van der Waals surface area contributed by atoms with Crippen LogP contribution in [0.2, 0.25) is 0 Å². The molecular weight excluding hydrogens is 430 g/mol. The fourth-order valence-corrected chi connectivity index (χ4v) is 3.10. The Balaban J connectivity index is 0.00000264. The quantitative estimate of drug-likeness (QED) is 0.308. The van der Waals surface area contributed by atoms with E-state index >= 15 is 0 Å². The van der Waals surface area contributed by atoms with Crippen LogP contribution >= 0.6 is 35.5 Å². The van der Waals surface area contributed by atoms with Crippen LogP contribution < -0.4 is 10.2 Å². The van der Waals surface area contributed by atoms with E-state index in [1.165, 1.54) is 11.5 Å². The zero-order valence-electron chi connectivity index (χ0n) is 13.8. The van der Waals surface area contributed by atoms with E-state index in [1.807, 2.05) is 0 Å². The molecule has 6 nitrogen and oxygen atoms in total. The number of guanidine groups is 1. The van der Waals surface area contributed by atoms with E-state index in [4.69, 9.17) is 0 Å². The first-order valence-electron chi connectivity index (χ1n) is 7.95. The first-order valence-corrected chi connectivity index (χ1v) is 8.72. The zero-order valence-corrected chi connectivity index (χ0v) is 16.9. The largest absolute Gasteiger partial charge is 0.357 e. The number of anilines is 1. The average Bonchev–Trinajstić information content (AvgIpc) is 3.03. The van der Waals surface area contributed by atoms with Crippen LogP contribution in [-0.2, 0) is 6.42 Å². The molecule has 0 unspecified atom stereocenters. The lowest BCUT2D eigenvalue weighted by molar-refractivity contribution is 0.371. The molecule has 2 heterocycles. The van der Waals surface area contributed by atoms with Crippen molar-refractivity contribution in [2.75, 3.05) is 50.8 Å². The standard InChI is InChI=1S/C14H25FN6S.HI/c1-3-12-18-14(22-19-12)21-10-8-20(9-11-21)13(16-4-2)17-7-5-6-15;/h3-11H2,1-2H3,(H,16,17);1H. The van der Waals surface area contributed by atoms with Crippen LogP contribution in [0.5, 0.6) is 0 Å². The van der Waals surface area contributed by atoms with Crippen molar-refractivity contribution in [1.29, 1.82) is 0 Å². The molecule has 1 N–H and O–H groups in total. The van der Waals surface area contributed by atoms with Crippen molar-refractivity contribution in [2.24, 2.45) is 4.99 Å². The van der Waals surface area contributed by atoms with E-state index < -0.39 is 0 Å². The molecule has 1 saturated heterocycles. The summed E-state index contributed by atoms with van der Waals surface area (Å²) >= 11 is 1.48. The van der Waals surface area contributed by atoms with Crippen molar-refractivity contribution in [3.8, 4) is 0 Å². The maximum Gasteiger partial charge on any atom is 0.205 e. The van der Waals surface area contributed by atoms with E-state index in [-0.39, 0.29) is 30.7 Å². The second-order valence-corrected chi connectivity index (χ2v) is 5.83. The van der Waals surface area contributed by atoms with Gasteiger partial charge in [-0.25, -0.2) is 4.98 Å². The second-order valence-electron chi connectivity index (χ2n) is 5.10. The third kappa shape index (κ3) is 6.02. The SMILES string of the molecule is CCNC(=NCCCF)N1CCN(c2nc(CC)ns2)CC1.I. The highest BCUT2D eigenvalue weighted by atomic mass is 127. The lowest BCUT2D eigenvalue weighted by Gasteiger charge is -2.36. The van der Waals surface area contributed by atoms with Gasteiger partial charge in [0.15, 0.2) is 5.96 Å². The van der Waals surface area contributed by atoms with E-state index in [0.717, 1.165) is 56.1 Å². The summed E-state index contributed by atoms with van der Waals surface area (Å²) in [7, 11) is 0. The summed E-state index contributed by atoms with van der Waals surface area (Å²) in [5, 5.41) is 4.30. The summed E-state index contributed by atoms with van der Waals surface area (Å²) in [5.74, 6) is 1.81. The van der Waals surface area contributed by atoms with Gasteiger partial charge in [0.1, 0.15) is 5.82 Å². The molecule has 132 valence electrons. The molecule has 0 spiro atoms. The number of halogens is 2. The van der Waals surface area contributed by atoms with Gasteiger partial charge >= 0.3 is 0 Å². The minimum absolute atomic E-state index is 0. The predicted molar refractivity (Wildman–Crippen MR) is 105 cm³/mol. The molecule has 1 fully saturated rings. The minimum Gasteiger partial charge on any atom is -0.357 e. The molecule has 2 rings (SSSR count).